The van der Waals surface area contributed by atoms with Gasteiger partial charge in [-0.2, -0.15) is 0 Å². The summed E-state index contributed by atoms with van der Waals surface area (Å²) in [5.41, 5.74) is 1.12. The molecule has 0 aromatic heterocycles. The molecule has 3 rings (SSSR count). The van der Waals surface area contributed by atoms with Crippen LogP contribution in [0.1, 0.15) is 41.6 Å². The minimum Gasteiger partial charge on any atom is -0.389 e. The van der Waals surface area contributed by atoms with Crippen molar-refractivity contribution in [2.75, 3.05) is 19.6 Å². The third kappa shape index (κ3) is 5.23. The van der Waals surface area contributed by atoms with Gasteiger partial charge < -0.3 is 10.0 Å². The lowest BCUT2D eigenvalue weighted by atomic mass is 9.85. The monoisotopic (exact) mass is 355 g/mol. The van der Waals surface area contributed by atoms with E-state index in [1.165, 1.54) is 17.7 Å². The van der Waals surface area contributed by atoms with Crippen LogP contribution < -0.4 is 0 Å². The zero-order valence-electron chi connectivity index (χ0n) is 15.0. The number of ketones is 1. The molecule has 1 heterocycles. The Morgan fingerprint density at radius 1 is 1.04 bits per heavy atom. The summed E-state index contributed by atoms with van der Waals surface area (Å²) in [4.78, 5) is 14.4. The van der Waals surface area contributed by atoms with Crippen molar-refractivity contribution in [3.05, 3.63) is 71.5 Å². The summed E-state index contributed by atoms with van der Waals surface area (Å²) < 4.78 is 12.9. The number of piperidine rings is 1. The third-order valence-electron chi connectivity index (χ3n) is 5.21. The molecule has 26 heavy (non-hydrogen) atoms. The Morgan fingerprint density at radius 3 is 2.35 bits per heavy atom. The van der Waals surface area contributed by atoms with Gasteiger partial charge in [-0.1, -0.05) is 30.3 Å². The molecule has 0 saturated carbocycles. The molecule has 1 fully saturated rings. The number of nitrogens with zero attached hydrogens (tertiary/aromatic N) is 1. The van der Waals surface area contributed by atoms with Gasteiger partial charge in [0.25, 0.3) is 0 Å². The van der Waals surface area contributed by atoms with Crippen LogP contribution in [-0.2, 0) is 6.42 Å². The Bertz CT molecular complexity index is 707. The molecule has 138 valence electrons. The van der Waals surface area contributed by atoms with Gasteiger partial charge in [0, 0.05) is 31.5 Å². The standard InChI is InChI=1S/C22H26FNO2/c23-20-10-8-19(9-11-20)21(25)7-4-14-24-15-12-22(26,13-16-24)17-18-5-2-1-3-6-18/h1-3,5-6,8-11,26H,4,7,12-17H2. The second kappa shape index (κ2) is 8.56. The Morgan fingerprint density at radius 2 is 1.69 bits per heavy atom. The SMILES string of the molecule is O=C(CCCN1CCC(O)(Cc2ccccc2)CC1)c1ccc(F)cc1. The summed E-state index contributed by atoms with van der Waals surface area (Å²) in [5.74, 6) is -0.263. The lowest BCUT2D eigenvalue weighted by Gasteiger charge is -2.38. The van der Waals surface area contributed by atoms with E-state index in [0.717, 1.165) is 38.9 Å². The normalized spacial score (nSPS) is 17.2. The fraction of sp³-hybridized carbons (Fsp3) is 0.409. The Kier molecular flexibility index (Phi) is 6.17. The summed E-state index contributed by atoms with van der Waals surface area (Å²) in [7, 11) is 0. The fourth-order valence-corrected chi connectivity index (χ4v) is 3.59. The Labute approximate surface area is 154 Å². The fourth-order valence-electron chi connectivity index (χ4n) is 3.59. The number of Topliss-reactive ketones (excluding diaryl/α,β-unsaturated/α-hetero) is 1. The molecule has 1 aliphatic heterocycles. The van der Waals surface area contributed by atoms with Crippen LogP contribution in [0.5, 0.6) is 0 Å². The number of hydrogen-bond donors (Lipinski definition) is 1. The average molecular weight is 355 g/mol. The zero-order valence-corrected chi connectivity index (χ0v) is 15.0. The molecule has 3 nitrogen and oxygen atoms in total. The van der Waals surface area contributed by atoms with Crippen molar-refractivity contribution in [1.29, 1.82) is 0 Å². The number of carbonyl (C=O) groups is 1. The second-order valence-corrected chi connectivity index (χ2v) is 7.26. The van der Waals surface area contributed by atoms with E-state index in [4.69, 9.17) is 0 Å². The zero-order chi connectivity index (χ0) is 18.4. The van der Waals surface area contributed by atoms with Crippen LogP contribution in [0.4, 0.5) is 4.39 Å². The number of rotatable bonds is 7. The first-order valence-electron chi connectivity index (χ1n) is 9.32. The molecule has 0 bridgehead atoms. The van der Waals surface area contributed by atoms with E-state index in [-0.39, 0.29) is 11.6 Å². The van der Waals surface area contributed by atoms with Crippen LogP contribution in [0.15, 0.2) is 54.6 Å². The topological polar surface area (TPSA) is 40.5 Å². The van der Waals surface area contributed by atoms with Crippen molar-refractivity contribution in [2.24, 2.45) is 0 Å². The summed E-state index contributed by atoms with van der Waals surface area (Å²) in [6.07, 6.45) is 3.47. The first kappa shape index (κ1) is 18.7. The van der Waals surface area contributed by atoms with Gasteiger partial charge in [-0.25, -0.2) is 4.39 Å². The van der Waals surface area contributed by atoms with Crippen molar-refractivity contribution in [3.8, 4) is 0 Å². The summed E-state index contributed by atoms with van der Waals surface area (Å²) in [6.45, 7) is 2.57. The van der Waals surface area contributed by atoms with Gasteiger partial charge in [0.1, 0.15) is 5.82 Å². The summed E-state index contributed by atoms with van der Waals surface area (Å²) >= 11 is 0. The van der Waals surface area contributed by atoms with E-state index in [9.17, 15) is 14.3 Å². The van der Waals surface area contributed by atoms with E-state index in [1.807, 2.05) is 18.2 Å². The molecule has 1 aliphatic rings. The summed E-state index contributed by atoms with van der Waals surface area (Å²) in [6, 6.07) is 15.9. The maximum Gasteiger partial charge on any atom is 0.162 e. The lowest BCUT2D eigenvalue weighted by molar-refractivity contribution is -0.0207. The Hall–Kier alpha value is -2.04. The van der Waals surface area contributed by atoms with Gasteiger partial charge >= 0.3 is 0 Å². The van der Waals surface area contributed by atoms with Gasteiger partial charge in [-0.3, -0.25) is 4.79 Å². The highest BCUT2D eigenvalue weighted by Crippen LogP contribution is 2.26. The third-order valence-corrected chi connectivity index (χ3v) is 5.21. The van der Waals surface area contributed by atoms with E-state index < -0.39 is 5.60 Å². The molecule has 0 radical (unpaired) electrons. The van der Waals surface area contributed by atoms with Crippen molar-refractivity contribution in [3.63, 3.8) is 0 Å². The smallest absolute Gasteiger partial charge is 0.162 e. The minimum atomic E-state index is -0.623. The van der Waals surface area contributed by atoms with Crippen LogP contribution >= 0.6 is 0 Å². The van der Waals surface area contributed by atoms with Crippen LogP contribution in [0.25, 0.3) is 0 Å². The highest BCUT2D eigenvalue weighted by atomic mass is 19.1. The molecule has 0 atom stereocenters. The van der Waals surface area contributed by atoms with E-state index in [0.29, 0.717) is 18.4 Å². The number of halogens is 1. The quantitative estimate of drug-likeness (QED) is 0.767. The number of hydrogen-bond acceptors (Lipinski definition) is 3. The molecule has 0 spiro atoms. The molecule has 1 N–H and O–H groups in total. The predicted octanol–water partition coefficient (Wildman–Crippen LogP) is 3.86. The van der Waals surface area contributed by atoms with Crippen LogP contribution in [0.2, 0.25) is 0 Å². The van der Waals surface area contributed by atoms with Crippen molar-refractivity contribution in [1.82, 2.24) is 4.90 Å². The number of benzene rings is 2. The van der Waals surface area contributed by atoms with E-state index in [1.54, 1.807) is 12.1 Å². The molecule has 0 unspecified atom stereocenters. The molecule has 1 saturated heterocycles. The molecular weight excluding hydrogens is 329 g/mol. The van der Waals surface area contributed by atoms with Crippen LogP contribution in [0.3, 0.4) is 0 Å². The van der Waals surface area contributed by atoms with E-state index >= 15 is 0 Å². The molecule has 4 heteroatoms. The first-order chi connectivity index (χ1) is 12.5. The number of carbonyl (C=O) groups excluding carboxylic acids is 1. The molecule has 2 aromatic carbocycles. The summed E-state index contributed by atoms with van der Waals surface area (Å²) in [5, 5.41) is 10.8. The van der Waals surface area contributed by atoms with Crippen molar-refractivity contribution in [2.45, 2.75) is 37.7 Å². The van der Waals surface area contributed by atoms with Gasteiger partial charge in [0.05, 0.1) is 5.60 Å². The molecule has 2 aromatic rings. The second-order valence-electron chi connectivity index (χ2n) is 7.26. The average Bonchev–Trinajstić information content (AvgIpc) is 2.65. The van der Waals surface area contributed by atoms with Crippen molar-refractivity contribution < 1.29 is 14.3 Å². The minimum absolute atomic E-state index is 0.0580. The lowest BCUT2D eigenvalue weighted by Crippen LogP contribution is -2.45. The van der Waals surface area contributed by atoms with Gasteiger partial charge in [0.15, 0.2) is 5.78 Å². The first-order valence-corrected chi connectivity index (χ1v) is 9.32. The Balaban J connectivity index is 1.40. The van der Waals surface area contributed by atoms with Crippen LogP contribution in [0, 0.1) is 5.82 Å². The van der Waals surface area contributed by atoms with Gasteiger partial charge in [0.2, 0.25) is 0 Å². The molecule has 0 aliphatic carbocycles. The molecule has 0 amide bonds. The number of likely N-dealkylation sites (tertiary alicyclic amines) is 1. The highest BCUT2D eigenvalue weighted by Gasteiger charge is 2.32. The number of aliphatic hydroxyl groups is 1. The van der Waals surface area contributed by atoms with E-state index in [2.05, 4.69) is 17.0 Å². The van der Waals surface area contributed by atoms with Crippen molar-refractivity contribution >= 4 is 5.78 Å². The van der Waals surface area contributed by atoms with Gasteiger partial charge in [-0.15, -0.1) is 0 Å². The maximum atomic E-state index is 12.9. The highest BCUT2D eigenvalue weighted by molar-refractivity contribution is 5.95. The molecular formula is C22H26FNO2. The van der Waals surface area contributed by atoms with Crippen LogP contribution in [-0.4, -0.2) is 41.0 Å². The largest absolute Gasteiger partial charge is 0.389 e. The van der Waals surface area contributed by atoms with Gasteiger partial charge in [-0.05, 0) is 55.6 Å². The maximum absolute atomic E-state index is 12.9. The predicted molar refractivity (Wildman–Crippen MR) is 101 cm³/mol.